The molecule has 1 aromatic heterocycles. The van der Waals surface area contributed by atoms with Gasteiger partial charge in [-0.3, -0.25) is 43.3 Å². The number of aromatic nitrogens is 2. The number of rotatable bonds is 32. The molecular weight excluding hydrogens is 869 g/mol. The Morgan fingerprint density at radius 3 is 1.54 bits per heavy atom. The molecule has 67 heavy (non-hydrogen) atoms. The summed E-state index contributed by atoms with van der Waals surface area (Å²) in [6, 6.07) is -8.74. The van der Waals surface area contributed by atoms with Crippen LogP contribution in [0.5, 0.6) is 0 Å². The van der Waals surface area contributed by atoms with Crippen LogP contribution in [0.1, 0.15) is 119 Å². The highest BCUT2D eigenvalue weighted by molar-refractivity contribution is 5.97. The summed E-state index contributed by atoms with van der Waals surface area (Å²) in [5.74, 6) is -6.10. The summed E-state index contributed by atoms with van der Waals surface area (Å²) in [6.45, 7) is 15.8. The number of carbonyl (C=O) groups is 8. The first-order valence-corrected chi connectivity index (χ1v) is 23.2. The second-order valence-electron chi connectivity index (χ2n) is 18.5. The van der Waals surface area contributed by atoms with Crippen LogP contribution in [0.3, 0.4) is 0 Å². The average molecular weight is 949 g/mol. The molecule has 0 aromatic carbocycles. The molecule has 0 saturated carbocycles. The predicted molar refractivity (Wildman–Crippen MR) is 253 cm³/mol. The Balaban J connectivity index is 3.56. The number of nitrogens with one attached hydrogen (secondary N) is 8. The molecule has 17 N–H and O–H groups in total. The van der Waals surface area contributed by atoms with Gasteiger partial charge >= 0.3 is 0 Å². The molecule has 0 aliphatic rings. The molecular formula is C44H80N14O9. The fraction of sp³-hybridized carbons (Fsp3) is 0.727. The molecule has 0 saturated heterocycles. The van der Waals surface area contributed by atoms with Crippen molar-refractivity contribution in [3.63, 3.8) is 0 Å². The SMILES string of the molecule is CC[C@H](C)[C@H](NC(=O)[C@H](C)N)C(=O)N[C@@H](CC(C)C)C(=O)N[C@@H](Cc1cnc[nH]1)C(=O)N[C@@H](CCCN=C(N)N)C(=O)N[C@@H](CC(C)C)C(=O)N[C@@H](CC(C)C)C(=O)N[C@H](CO)CCC(N)=O. The summed E-state index contributed by atoms with van der Waals surface area (Å²) in [4.78, 5) is 119. The maximum Gasteiger partial charge on any atom is 0.243 e. The molecule has 0 bridgehead atoms. The van der Waals surface area contributed by atoms with Crippen molar-refractivity contribution in [2.75, 3.05) is 13.2 Å². The van der Waals surface area contributed by atoms with E-state index < -0.39 is 102 Å². The van der Waals surface area contributed by atoms with Gasteiger partial charge in [0, 0.05) is 31.3 Å². The third kappa shape index (κ3) is 23.4. The molecule has 0 radical (unpaired) electrons. The number of aromatic amines is 1. The first-order valence-electron chi connectivity index (χ1n) is 23.2. The molecule has 23 heteroatoms. The highest BCUT2D eigenvalue weighted by atomic mass is 16.3. The van der Waals surface area contributed by atoms with Gasteiger partial charge in [0.2, 0.25) is 47.3 Å². The van der Waals surface area contributed by atoms with E-state index in [1.54, 1.807) is 6.92 Å². The lowest BCUT2D eigenvalue weighted by molar-refractivity contribution is -0.136. The van der Waals surface area contributed by atoms with Crippen molar-refractivity contribution in [2.24, 2.45) is 51.6 Å². The number of nitrogens with zero attached hydrogens (tertiary/aromatic N) is 2. The third-order valence-corrected chi connectivity index (χ3v) is 10.7. The van der Waals surface area contributed by atoms with Gasteiger partial charge in [-0.25, -0.2) is 4.98 Å². The zero-order chi connectivity index (χ0) is 51.0. The standard InChI is InChI=1S/C44H80N14O9/c1-10-26(8)36(58-37(61)27(9)45)43(67)57-33(18-25(6)7)41(65)56-34(19-29-20-49-22-51-29)42(66)53-30(12-11-15-50-44(47)48)38(62)54-32(17-24(4)5)40(64)55-31(16-23(2)3)39(63)52-28(21-59)13-14-35(46)60/h20,22-28,30-34,36,59H,10-19,21,45H2,1-9H3,(H2,46,60)(H,49,51)(H,52,63)(H,53,66)(H,54,62)(H,55,64)(H,56,65)(H,57,67)(H,58,61)(H4,47,48,50)/t26-,27-,28-,30-,31-,32-,33-,34-,36-/m0/s1. The summed E-state index contributed by atoms with van der Waals surface area (Å²) in [5, 5.41) is 28.9. The smallest absolute Gasteiger partial charge is 0.243 e. The normalized spacial score (nSPS) is 15.4. The monoisotopic (exact) mass is 949 g/mol. The number of aliphatic hydroxyl groups is 1. The summed E-state index contributed by atoms with van der Waals surface area (Å²) in [5.41, 5.74) is 22.5. The number of amides is 8. The van der Waals surface area contributed by atoms with Crippen molar-refractivity contribution in [2.45, 2.75) is 168 Å². The molecule has 0 spiro atoms. The number of guanidine groups is 1. The lowest BCUT2D eigenvalue weighted by atomic mass is 9.96. The minimum atomic E-state index is -1.33. The predicted octanol–water partition coefficient (Wildman–Crippen LogP) is -1.81. The zero-order valence-electron chi connectivity index (χ0n) is 40.8. The van der Waals surface area contributed by atoms with Crippen molar-refractivity contribution in [1.82, 2.24) is 47.2 Å². The van der Waals surface area contributed by atoms with E-state index in [1.807, 2.05) is 48.5 Å². The quantitative estimate of drug-likeness (QED) is 0.0216. The molecule has 9 atom stereocenters. The molecule has 380 valence electrons. The molecule has 1 heterocycles. The average Bonchev–Trinajstić information content (AvgIpc) is 3.76. The van der Waals surface area contributed by atoms with Gasteiger partial charge in [0.25, 0.3) is 0 Å². The Hall–Kier alpha value is -5.84. The first-order chi connectivity index (χ1) is 31.4. The summed E-state index contributed by atoms with van der Waals surface area (Å²) in [7, 11) is 0. The summed E-state index contributed by atoms with van der Waals surface area (Å²) in [6.07, 6.45) is 3.95. The third-order valence-electron chi connectivity index (χ3n) is 10.7. The summed E-state index contributed by atoms with van der Waals surface area (Å²) >= 11 is 0. The van der Waals surface area contributed by atoms with Gasteiger partial charge in [0.1, 0.15) is 36.3 Å². The fourth-order valence-corrected chi connectivity index (χ4v) is 6.87. The van der Waals surface area contributed by atoms with Crippen molar-refractivity contribution >= 4 is 53.2 Å². The lowest BCUT2D eigenvalue weighted by Crippen LogP contribution is -2.61. The summed E-state index contributed by atoms with van der Waals surface area (Å²) < 4.78 is 0. The second kappa shape index (κ2) is 30.4. The van der Waals surface area contributed by atoms with Crippen LogP contribution < -0.4 is 60.2 Å². The minimum absolute atomic E-state index is 0.0164. The highest BCUT2D eigenvalue weighted by Gasteiger charge is 2.35. The van der Waals surface area contributed by atoms with Crippen LogP contribution in [-0.4, -0.2) is 130 Å². The number of hydrogen-bond acceptors (Lipinski definition) is 12. The van der Waals surface area contributed by atoms with Crippen LogP contribution >= 0.6 is 0 Å². The molecule has 0 aliphatic carbocycles. The molecule has 8 amide bonds. The molecule has 0 fully saturated rings. The molecule has 0 unspecified atom stereocenters. The van der Waals surface area contributed by atoms with Crippen molar-refractivity contribution in [3.8, 4) is 0 Å². The minimum Gasteiger partial charge on any atom is -0.394 e. The van der Waals surface area contributed by atoms with Crippen LogP contribution in [0, 0.1) is 23.7 Å². The maximum atomic E-state index is 14.3. The van der Waals surface area contributed by atoms with Crippen LogP contribution in [0.15, 0.2) is 17.5 Å². The Bertz CT molecular complexity index is 1770. The van der Waals surface area contributed by atoms with Crippen molar-refractivity contribution in [1.29, 1.82) is 0 Å². The van der Waals surface area contributed by atoms with E-state index in [0.717, 1.165) is 0 Å². The topological polar surface area (TPSA) is 386 Å². The second-order valence-corrected chi connectivity index (χ2v) is 18.5. The van der Waals surface area contributed by atoms with Crippen LogP contribution in [0.2, 0.25) is 0 Å². The van der Waals surface area contributed by atoms with Crippen molar-refractivity contribution in [3.05, 3.63) is 18.2 Å². The zero-order valence-corrected chi connectivity index (χ0v) is 40.8. The van der Waals surface area contributed by atoms with E-state index in [4.69, 9.17) is 22.9 Å². The van der Waals surface area contributed by atoms with Gasteiger partial charge < -0.3 is 70.2 Å². The number of imidazole rings is 1. The number of primary amides is 1. The number of aliphatic imine (C=N–C) groups is 1. The number of H-pyrrole nitrogens is 1. The van der Waals surface area contributed by atoms with Gasteiger partial charge in [-0.1, -0.05) is 61.8 Å². The molecule has 23 nitrogen and oxygen atoms in total. The Morgan fingerprint density at radius 2 is 1.10 bits per heavy atom. The van der Waals surface area contributed by atoms with E-state index in [9.17, 15) is 43.5 Å². The van der Waals surface area contributed by atoms with E-state index >= 15 is 0 Å². The first kappa shape index (κ1) is 59.2. The molecule has 0 aliphatic heterocycles. The van der Waals surface area contributed by atoms with Gasteiger partial charge in [0.05, 0.1) is 25.0 Å². The van der Waals surface area contributed by atoms with E-state index in [0.29, 0.717) is 12.1 Å². The van der Waals surface area contributed by atoms with Gasteiger partial charge in [-0.15, -0.1) is 0 Å². The Labute approximate surface area is 394 Å². The molecule has 1 rings (SSSR count). The molecule has 1 aromatic rings. The lowest BCUT2D eigenvalue weighted by Gasteiger charge is -2.29. The fourth-order valence-electron chi connectivity index (χ4n) is 6.87. The van der Waals surface area contributed by atoms with Gasteiger partial charge in [-0.05, 0) is 69.1 Å². The number of aliphatic hydroxyl groups excluding tert-OH is 1. The van der Waals surface area contributed by atoms with Crippen LogP contribution in [-0.2, 0) is 44.8 Å². The Morgan fingerprint density at radius 1 is 0.642 bits per heavy atom. The number of nitrogens with two attached hydrogens (primary N) is 4. The van der Waals surface area contributed by atoms with Gasteiger partial charge in [0.15, 0.2) is 5.96 Å². The largest absolute Gasteiger partial charge is 0.394 e. The van der Waals surface area contributed by atoms with Crippen LogP contribution in [0.25, 0.3) is 0 Å². The van der Waals surface area contributed by atoms with Crippen LogP contribution in [0.4, 0.5) is 0 Å². The number of hydrogen-bond donors (Lipinski definition) is 13. The Kier molecular flexibility index (Phi) is 26.9. The van der Waals surface area contributed by atoms with E-state index in [-0.39, 0.29) is 87.5 Å². The highest BCUT2D eigenvalue weighted by Crippen LogP contribution is 2.14. The van der Waals surface area contributed by atoms with E-state index in [2.05, 4.69) is 52.2 Å². The van der Waals surface area contributed by atoms with Crippen molar-refractivity contribution < 1.29 is 43.5 Å². The van der Waals surface area contributed by atoms with Gasteiger partial charge in [-0.2, -0.15) is 0 Å². The van der Waals surface area contributed by atoms with E-state index in [1.165, 1.54) is 19.4 Å². The number of carbonyl (C=O) groups excluding carboxylic acids is 8. The maximum absolute atomic E-state index is 14.3.